The molecular formula is C20H22N6O4S. The lowest BCUT2D eigenvalue weighted by Crippen LogP contribution is -2.17. The molecular weight excluding hydrogens is 420 g/mol. The second-order valence-electron chi connectivity index (χ2n) is 7.08. The summed E-state index contributed by atoms with van der Waals surface area (Å²) in [6, 6.07) is 7.30. The number of anilines is 2. The van der Waals surface area contributed by atoms with Crippen LogP contribution in [0.1, 0.15) is 53.5 Å². The highest BCUT2D eigenvalue weighted by Crippen LogP contribution is 2.29. The van der Waals surface area contributed by atoms with E-state index in [0.717, 1.165) is 16.9 Å². The lowest BCUT2D eigenvalue weighted by atomic mass is 10.1. The van der Waals surface area contributed by atoms with E-state index in [-0.39, 0.29) is 35.5 Å². The number of hydrogen-bond donors (Lipinski definition) is 3. The maximum absolute atomic E-state index is 12.1. The van der Waals surface area contributed by atoms with Crippen LogP contribution in [0.5, 0.6) is 0 Å². The zero-order chi connectivity index (χ0) is 22.4. The smallest absolute Gasteiger partial charge is 0.355 e. The maximum Gasteiger partial charge on any atom is 0.355 e. The van der Waals surface area contributed by atoms with Gasteiger partial charge in [0.2, 0.25) is 11.8 Å². The Hall–Kier alpha value is -3.60. The number of aromatic nitrogens is 4. The molecule has 2 heterocycles. The fourth-order valence-corrected chi connectivity index (χ4v) is 3.73. The number of benzene rings is 1. The number of carbonyl (C=O) groups excluding carboxylic acids is 2. The van der Waals surface area contributed by atoms with Gasteiger partial charge in [0.15, 0.2) is 10.8 Å². The largest absolute Gasteiger partial charge is 0.476 e. The summed E-state index contributed by atoms with van der Waals surface area (Å²) in [5.74, 6) is -1.86. The zero-order valence-corrected chi connectivity index (χ0v) is 17.8. The van der Waals surface area contributed by atoms with Crippen molar-refractivity contribution in [2.45, 2.75) is 39.2 Å². The van der Waals surface area contributed by atoms with Gasteiger partial charge in [-0.15, -0.1) is 11.3 Å². The van der Waals surface area contributed by atoms with Gasteiger partial charge in [-0.1, -0.05) is 26.0 Å². The predicted molar refractivity (Wildman–Crippen MR) is 115 cm³/mol. The molecule has 0 saturated heterocycles. The van der Waals surface area contributed by atoms with Gasteiger partial charge in [0.25, 0.3) is 0 Å². The van der Waals surface area contributed by atoms with E-state index < -0.39 is 11.9 Å². The number of nitrogens with zero attached hydrogens (tertiary/aromatic N) is 4. The summed E-state index contributed by atoms with van der Waals surface area (Å²) in [6.45, 7) is 4.29. The van der Waals surface area contributed by atoms with Crippen LogP contribution >= 0.6 is 11.3 Å². The molecule has 0 atom stereocenters. The molecule has 0 radical (unpaired) electrons. The summed E-state index contributed by atoms with van der Waals surface area (Å²) in [6.07, 6.45) is 3.03. The molecule has 10 nitrogen and oxygen atoms in total. The summed E-state index contributed by atoms with van der Waals surface area (Å²) < 4.78 is 1.69. The number of carboxylic acids is 1. The van der Waals surface area contributed by atoms with Crippen molar-refractivity contribution in [1.82, 2.24) is 19.7 Å². The quantitative estimate of drug-likeness (QED) is 0.463. The van der Waals surface area contributed by atoms with Gasteiger partial charge in [-0.25, -0.2) is 19.4 Å². The first-order valence-electron chi connectivity index (χ1n) is 9.57. The van der Waals surface area contributed by atoms with Crippen LogP contribution in [0.4, 0.5) is 10.8 Å². The van der Waals surface area contributed by atoms with E-state index in [2.05, 4.69) is 25.7 Å². The summed E-state index contributed by atoms with van der Waals surface area (Å²) in [5, 5.41) is 18.8. The van der Waals surface area contributed by atoms with Gasteiger partial charge in [0.1, 0.15) is 12.7 Å². The van der Waals surface area contributed by atoms with Gasteiger partial charge in [-0.2, -0.15) is 5.10 Å². The fraction of sp³-hybridized carbons (Fsp3) is 0.300. The van der Waals surface area contributed by atoms with Crippen LogP contribution < -0.4 is 10.6 Å². The van der Waals surface area contributed by atoms with Gasteiger partial charge >= 0.3 is 5.97 Å². The van der Waals surface area contributed by atoms with Crippen molar-refractivity contribution in [3.63, 3.8) is 0 Å². The minimum absolute atomic E-state index is 0.0132. The molecule has 162 valence electrons. The Morgan fingerprint density at radius 3 is 2.32 bits per heavy atom. The number of thiazole rings is 1. The molecule has 3 rings (SSSR count). The summed E-state index contributed by atoms with van der Waals surface area (Å²) in [7, 11) is 0. The molecule has 0 aliphatic carbocycles. The third-order valence-electron chi connectivity index (χ3n) is 4.25. The van der Waals surface area contributed by atoms with Gasteiger partial charge in [0.05, 0.1) is 6.54 Å². The van der Waals surface area contributed by atoms with Crippen LogP contribution in [0.3, 0.4) is 0 Å². The van der Waals surface area contributed by atoms with Gasteiger partial charge in [-0.3, -0.25) is 9.59 Å². The standard InChI is InChI=1S/C20H22N6O4S/c1-12(2)18-17(19(29)30)25-20(31-18)24-16(28)8-7-15(27)23-14-5-3-13(4-6-14)9-26-11-21-10-22-26/h3-6,10-12H,7-9H2,1-2H3,(H,23,27)(H,29,30)(H,24,25,28). The Morgan fingerprint density at radius 2 is 1.77 bits per heavy atom. The molecule has 0 saturated carbocycles. The van der Waals surface area contributed by atoms with Crippen molar-refractivity contribution in [3.8, 4) is 0 Å². The third kappa shape index (κ3) is 6.19. The first-order chi connectivity index (χ1) is 14.8. The van der Waals surface area contributed by atoms with Crippen molar-refractivity contribution < 1.29 is 19.5 Å². The number of carbonyl (C=O) groups is 3. The molecule has 0 aliphatic heterocycles. The van der Waals surface area contributed by atoms with Crippen LogP contribution in [-0.2, 0) is 16.1 Å². The fourth-order valence-electron chi connectivity index (χ4n) is 2.76. The molecule has 0 fully saturated rings. The second kappa shape index (κ2) is 9.94. The Morgan fingerprint density at radius 1 is 1.10 bits per heavy atom. The molecule has 0 bridgehead atoms. The molecule has 3 N–H and O–H groups in total. The van der Waals surface area contributed by atoms with Crippen LogP contribution in [0.2, 0.25) is 0 Å². The first-order valence-corrected chi connectivity index (χ1v) is 10.4. The van der Waals surface area contributed by atoms with Gasteiger partial charge in [-0.05, 0) is 23.6 Å². The molecule has 0 spiro atoms. The van der Waals surface area contributed by atoms with Crippen molar-refractivity contribution >= 4 is 39.9 Å². The monoisotopic (exact) mass is 442 g/mol. The van der Waals surface area contributed by atoms with Crippen LogP contribution in [0, 0.1) is 0 Å². The highest BCUT2D eigenvalue weighted by Gasteiger charge is 2.20. The van der Waals surface area contributed by atoms with Crippen molar-refractivity contribution in [1.29, 1.82) is 0 Å². The van der Waals surface area contributed by atoms with E-state index in [9.17, 15) is 19.5 Å². The van der Waals surface area contributed by atoms with E-state index in [1.54, 1.807) is 23.1 Å². The molecule has 31 heavy (non-hydrogen) atoms. The highest BCUT2D eigenvalue weighted by molar-refractivity contribution is 7.16. The third-order valence-corrected chi connectivity index (χ3v) is 5.53. The van der Waals surface area contributed by atoms with E-state index in [4.69, 9.17) is 0 Å². The minimum atomic E-state index is -1.13. The Labute approximate surface area is 182 Å². The topological polar surface area (TPSA) is 139 Å². The second-order valence-corrected chi connectivity index (χ2v) is 8.11. The Kier molecular flexibility index (Phi) is 7.08. The molecule has 0 unspecified atom stereocenters. The Balaban J connectivity index is 1.47. The molecule has 2 amide bonds. The number of amides is 2. The minimum Gasteiger partial charge on any atom is -0.476 e. The van der Waals surface area contributed by atoms with E-state index in [1.807, 2.05) is 26.0 Å². The SMILES string of the molecule is CC(C)c1sc(NC(=O)CCC(=O)Nc2ccc(Cn3cncn3)cc2)nc1C(=O)O. The predicted octanol–water partition coefficient (Wildman–Crippen LogP) is 2.96. The molecule has 1 aromatic carbocycles. The van der Waals surface area contributed by atoms with Gasteiger partial charge in [0, 0.05) is 23.4 Å². The number of nitrogens with one attached hydrogen (secondary N) is 2. The normalized spacial score (nSPS) is 10.8. The first kappa shape index (κ1) is 22.1. The molecule has 3 aromatic rings. The number of hydrogen-bond acceptors (Lipinski definition) is 7. The van der Waals surface area contributed by atoms with Crippen LogP contribution in [0.15, 0.2) is 36.9 Å². The molecule has 2 aromatic heterocycles. The van der Waals surface area contributed by atoms with Crippen molar-refractivity contribution in [2.24, 2.45) is 0 Å². The molecule has 0 aliphatic rings. The lowest BCUT2D eigenvalue weighted by molar-refractivity contribution is -0.121. The van der Waals surface area contributed by atoms with Crippen molar-refractivity contribution in [3.05, 3.63) is 53.1 Å². The maximum atomic E-state index is 12.1. The average molecular weight is 443 g/mol. The number of rotatable bonds is 9. The van der Waals surface area contributed by atoms with E-state index >= 15 is 0 Å². The lowest BCUT2D eigenvalue weighted by Gasteiger charge is -2.07. The van der Waals surface area contributed by atoms with Crippen molar-refractivity contribution in [2.75, 3.05) is 10.6 Å². The number of carboxylic acid groups (broad SMARTS) is 1. The van der Waals surface area contributed by atoms with Crippen LogP contribution in [0.25, 0.3) is 0 Å². The summed E-state index contributed by atoms with van der Waals surface area (Å²) in [5.41, 5.74) is 1.58. The average Bonchev–Trinajstić information content (AvgIpc) is 3.38. The number of aromatic carboxylic acids is 1. The van der Waals surface area contributed by atoms with E-state index in [0.29, 0.717) is 17.1 Å². The zero-order valence-electron chi connectivity index (χ0n) is 17.0. The molecule has 11 heteroatoms. The van der Waals surface area contributed by atoms with Gasteiger partial charge < -0.3 is 15.7 Å². The summed E-state index contributed by atoms with van der Waals surface area (Å²) in [4.78, 5) is 44.0. The highest BCUT2D eigenvalue weighted by atomic mass is 32.1. The van der Waals surface area contributed by atoms with Crippen LogP contribution in [-0.4, -0.2) is 42.6 Å². The van der Waals surface area contributed by atoms with E-state index in [1.165, 1.54) is 6.33 Å². The summed E-state index contributed by atoms with van der Waals surface area (Å²) >= 11 is 1.13. The Bertz CT molecular complexity index is 1060.